The third kappa shape index (κ3) is 2.85. The molecule has 0 spiro atoms. The maximum Gasteiger partial charge on any atom is 0.134 e. The number of hydrogen-bond acceptors (Lipinski definition) is 5. The Morgan fingerprint density at radius 1 is 1.18 bits per heavy atom. The monoisotopic (exact) mass is 235 g/mol. The quantitative estimate of drug-likeness (QED) is 0.770. The van der Waals surface area contributed by atoms with Gasteiger partial charge in [0.05, 0.1) is 0 Å². The molecule has 2 heterocycles. The molecule has 5 heteroatoms. The van der Waals surface area contributed by atoms with Crippen LogP contribution in [-0.4, -0.2) is 61.7 Å². The third-order valence-corrected chi connectivity index (χ3v) is 3.24. The zero-order chi connectivity index (χ0) is 12.3. The highest BCUT2D eigenvalue weighted by atomic mass is 15.3. The van der Waals surface area contributed by atoms with E-state index in [1.165, 1.54) is 0 Å². The molecule has 17 heavy (non-hydrogen) atoms. The van der Waals surface area contributed by atoms with Crippen LogP contribution in [0.15, 0.2) is 12.4 Å². The molecule has 0 bridgehead atoms. The van der Waals surface area contributed by atoms with Gasteiger partial charge in [-0.2, -0.15) is 0 Å². The van der Waals surface area contributed by atoms with Crippen molar-refractivity contribution in [1.82, 2.24) is 14.9 Å². The van der Waals surface area contributed by atoms with Gasteiger partial charge in [0, 0.05) is 46.3 Å². The van der Waals surface area contributed by atoms with Crippen LogP contribution in [-0.2, 0) is 0 Å². The number of hydrogen-bond donors (Lipinski definition) is 0. The van der Waals surface area contributed by atoms with Crippen molar-refractivity contribution in [3.05, 3.63) is 12.4 Å². The van der Waals surface area contributed by atoms with E-state index in [9.17, 15) is 0 Å². The summed E-state index contributed by atoms with van der Waals surface area (Å²) in [5, 5.41) is 0. The third-order valence-electron chi connectivity index (χ3n) is 3.24. The molecule has 0 N–H and O–H groups in total. The van der Waals surface area contributed by atoms with E-state index in [0.29, 0.717) is 0 Å². The Hall–Kier alpha value is -1.36. The average Bonchev–Trinajstić information content (AvgIpc) is 2.39. The van der Waals surface area contributed by atoms with E-state index in [0.717, 1.165) is 44.4 Å². The van der Waals surface area contributed by atoms with Crippen molar-refractivity contribution in [2.24, 2.45) is 0 Å². The summed E-state index contributed by atoms with van der Waals surface area (Å²) in [7, 11) is 4.00. The number of likely N-dealkylation sites (N-methyl/N-ethyl adjacent to an activating group) is 1. The second-order valence-electron chi connectivity index (χ2n) is 4.55. The van der Waals surface area contributed by atoms with Crippen LogP contribution in [0, 0.1) is 0 Å². The predicted octanol–water partition coefficient (Wildman–Crippen LogP) is 0.684. The van der Waals surface area contributed by atoms with Gasteiger partial charge in [-0.3, -0.25) is 0 Å². The SMILES string of the molecule is CCN1CCN(c2cc(N(C)C)ncn2)CC1. The van der Waals surface area contributed by atoms with Crippen LogP contribution < -0.4 is 9.80 Å². The maximum absolute atomic E-state index is 4.37. The Kier molecular flexibility index (Phi) is 3.78. The molecule has 0 aromatic carbocycles. The molecule has 0 unspecified atom stereocenters. The lowest BCUT2D eigenvalue weighted by Crippen LogP contribution is -2.46. The van der Waals surface area contributed by atoms with Gasteiger partial charge >= 0.3 is 0 Å². The molecule has 1 fully saturated rings. The average molecular weight is 235 g/mol. The number of aromatic nitrogens is 2. The van der Waals surface area contributed by atoms with Crippen LogP contribution in [0.2, 0.25) is 0 Å². The summed E-state index contributed by atoms with van der Waals surface area (Å²) >= 11 is 0. The van der Waals surface area contributed by atoms with Crippen molar-refractivity contribution in [2.45, 2.75) is 6.92 Å². The highest BCUT2D eigenvalue weighted by molar-refractivity contribution is 5.49. The molecule has 0 atom stereocenters. The molecular formula is C12H21N5. The fourth-order valence-corrected chi connectivity index (χ4v) is 2.05. The zero-order valence-corrected chi connectivity index (χ0v) is 10.9. The van der Waals surface area contributed by atoms with E-state index in [1.54, 1.807) is 6.33 Å². The van der Waals surface area contributed by atoms with Gasteiger partial charge in [-0.05, 0) is 6.54 Å². The predicted molar refractivity (Wildman–Crippen MR) is 70.7 cm³/mol. The van der Waals surface area contributed by atoms with Crippen LogP contribution in [0.5, 0.6) is 0 Å². The van der Waals surface area contributed by atoms with Gasteiger partial charge in [0.1, 0.15) is 18.0 Å². The Morgan fingerprint density at radius 3 is 2.47 bits per heavy atom. The minimum absolute atomic E-state index is 0.966. The first-order chi connectivity index (χ1) is 8.20. The van der Waals surface area contributed by atoms with Crippen molar-refractivity contribution in [3.8, 4) is 0 Å². The van der Waals surface area contributed by atoms with Crippen LogP contribution in [0.25, 0.3) is 0 Å². The summed E-state index contributed by atoms with van der Waals surface area (Å²) in [6, 6.07) is 2.06. The Morgan fingerprint density at radius 2 is 1.88 bits per heavy atom. The van der Waals surface area contributed by atoms with E-state index in [-0.39, 0.29) is 0 Å². The second kappa shape index (κ2) is 5.31. The Bertz CT molecular complexity index is 358. The normalized spacial score (nSPS) is 17.2. The van der Waals surface area contributed by atoms with Crippen molar-refractivity contribution in [3.63, 3.8) is 0 Å². The number of piperazine rings is 1. The summed E-state index contributed by atoms with van der Waals surface area (Å²) in [5.41, 5.74) is 0. The fourth-order valence-electron chi connectivity index (χ4n) is 2.05. The summed E-state index contributed by atoms with van der Waals surface area (Å²) in [6.07, 6.45) is 1.65. The minimum Gasteiger partial charge on any atom is -0.363 e. The smallest absolute Gasteiger partial charge is 0.134 e. The molecule has 2 rings (SSSR count). The van der Waals surface area contributed by atoms with Crippen molar-refractivity contribution in [2.75, 3.05) is 56.6 Å². The lowest BCUT2D eigenvalue weighted by molar-refractivity contribution is 0.270. The fraction of sp³-hybridized carbons (Fsp3) is 0.667. The van der Waals surface area contributed by atoms with Gasteiger partial charge in [0.25, 0.3) is 0 Å². The van der Waals surface area contributed by atoms with E-state index in [4.69, 9.17) is 0 Å². The summed E-state index contributed by atoms with van der Waals surface area (Å²) in [4.78, 5) is 15.4. The molecule has 1 aliphatic rings. The first-order valence-electron chi connectivity index (χ1n) is 6.17. The lowest BCUT2D eigenvalue weighted by atomic mass is 10.3. The van der Waals surface area contributed by atoms with Gasteiger partial charge < -0.3 is 14.7 Å². The minimum atomic E-state index is 0.966. The summed E-state index contributed by atoms with van der Waals surface area (Å²) in [5.74, 6) is 2.01. The van der Waals surface area contributed by atoms with E-state index < -0.39 is 0 Å². The van der Waals surface area contributed by atoms with Crippen LogP contribution >= 0.6 is 0 Å². The highest BCUT2D eigenvalue weighted by Crippen LogP contribution is 2.17. The largest absolute Gasteiger partial charge is 0.363 e. The molecule has 0 amide bonds. The molecule has 0 saturated carbocycles. The molecule has 1 aliphatic heterocycles. The Labute approximate surface area is 103 Å². The molecule has 0 radical (unpaired) electrons. The van der Waals surface area contributed by atoms with Crippen molar-refractivity contribution < 1.29 is 0 Å². The van der Waals surface area contributed by atoms with Crippen LogP contribution in [0.3, 0.4) is 0 Å². The second-order valence-corrected chi connectivity index (χ2v) is 4.55. The topological polar surface area (TPSA) is 35.5 Å². The lowest BCUT2D eigenvalue weighted by Gasteiger charge is -2.34. The van der Waals surface area contributed by atoms with E-state index >= 15 is 0 Å². The van der Waals surface area contributed by atoms with Gasteiger partial charge in [-0.1, -0.05) is 6.92 Å². The maximum atomic E-state index is 4.37. The molecule has 1 aromatic rings. The molecular weight excluding hydrogens is 214 g/mol. The number of nitrogens with zero attached hydrogens (tertiary/aromatic N) is 5. The first-order valence-corrected chi connectivity index (χ1v) is 6.17. The van der Waals surface area contributed by atoms with Crippen LogP contribution in [0.4, 0.5) is 11.6 Å². The first kappa shape index (κ1) is 12.1. The molecule has 0 aliphatic carbocycles. The van der Waals surface area contributed by atoms with Gasteiger partial charge in [0.2, 0.25) is 0 Å². The molecule has 94 valence electrons. The van der Waals surface area contributed by atoms with Crippen molar-refractivity contribution in [1.29, 1.82) is 0 Å². The summed E-state index contributed by atoms with van der Waals surface area (Å²) in [6.45, 7) is 7.70. The van der Waals surface area contributed by atoms with Gasteiger partial charge in [-0.25, -0.2) is 9.97 Å². The zero-order valence-electron chi connectivity index (χ0n) is 10.9. The Balaban J connectivity index is 2.05. The molecule has 1 aromatic heterocycles. The van der Waals surface area contributed by atoms with E-state index in [1.807, 2.05) is 19.0 Å². The summed E-state index contributed by atoms with van der Waals surface area (Å²) < 4.78 is 0. The van der Waals surface area contributed by atoms with Crippen LogP contribution in [0.1, 0.15) is 6.92 Å². The number of anilines is 2. The molecule has 1 saturated heterocycles. The van der Waals surface area contributed by atoms with E-state index in [2.05, 4.69) is 32.8 Å². The van der Waals surface area contributed by atoms with Gasteiger partial charge in [-0.15, -0.1) is 0 Å². The van der Waals surface area contributed by atoms with Gasteiger partial charge in [0.15, 0.2) is 0 Å². The standard InChI is InChI=1S/C12H21N5/c1-4-16-5-7-17(8-6-16)12-9-11(15(2)3)13-10-14-12/h9-10H,4-8H2,1-3H3. The molecule has 5 nitrogen and oxygen atoms in total. The van der Waals surface area contributed by atoms with Crippen molar-refractivity contribution >= 4 is 11.6 Å². The highest BCUT2D eigenvalue weighted by Gasteiger charge is 2.17. The number of rotatable bonds is 3.